The first-order valence-corrected chi connectivity index (χ1v) is 19.4. The van der Waals surface area contributed by atoms with Gasteiger partial charge >= 0.3 is 0 Å². The number of benzene rings is 5. The Hall–Kier alpha value is -7.71. The molecule has 0 unspecified atom stereocenters. The lowest BCUT2D eigenvalue weighted by molar-refractivity contribution is 1.05. The summed E-state index contributed by atoms with van der Waals surface area (Å²) in [6, 6.07) is 54.4. The molecule has 0 aliphatic carbocycles. The Morgan fingerprint density at radius 3 is 1.42 bits per heavy atom. The summed E-state index contributed by atoms with van der Waals surface area (Å²) in [5.74, 6) is 0. The molecule has 7 aromatic heterocycles. The molecule has 2 aliphatic heterocycles. The number of nitrogens with zero attached hydrogens (tertiary/aromatic N) is 7. The van der Waals surface area contributed by atoms with Crippen LogP contribution in [0.15, 0.2) is 170 Å². The first-order valence-electron chi connectivity index (χ1n) is 19.4. The molecule has 262 valence electrons. The molecule has 0 fully saturated rings. The molecule has 2 aliphatic rings. The molecule has 0 saturated carbocycles. The molecule has 9 heterocycles. The highest BCUT2D eigenvalue weighted by atomic mass is 15.2. The first-order chi connectivity index (χ1) is 28.3. The van der Waals surface area contributed by atoms with E-state index < -0.39 is 0 Å². The van der Waals surface area contributed by atoms with Crippen LogP contribution in [0.3, 0.4) is 0 Å². The molecule has 12 aromatic rings. The molecule has 0 radical (unpaired) electrons. The largest absolute Gasteiger partial charge is 0.295 e. The Balaban J connectivity index is 1.24. The minimum atomic E-state index is -0.0466. The van der Waals surface area contributed by atoms with Gasteiger partial charge in [-0.2, -0.15) is 0 Å². The molecule has 0 atom stereocenters. The van der Waals surface area contributed by atoms with Crippen molar-refractivity contribution in [2.75, 3.05) is 0 Å². The summed E-state index contributed by atoms with van der Waals surface area (Å²) in [5.41, 5.74) is 19.1. The molecule has 57 heavy (non-hydrogen) atoms. The highest BCUT2D eigenvalue weighted by Crippen LogP contribution is 2.45. The minimum Gasteiger partial charge on any atom is -0.295 e. The molecule has 0 amide bonds. The lowest BCUT2D eigenvalue weighted by Gasteiger charge is -2.34. The van der Waals surface area contributed by atoms with Crippen LogP contribution in [0.1, 0.15) is 0 Å². The van der Waals surface area contributed by atoms with Crippen molar-refractivity contribution in [1.82, 2.24) is 33.2 Å². The van der Waals surface area contributed by atoms with Crippen LogP contribution < -0.4 is 16.4 Å². The van der Waals surface area contributed by atoms with E-state index >= 15 is 0 Å². The summed E-state index contributed by atoms with van der Waals surface area (Å²) in [5, 5.41) is 4.70. The zero-order chi connectivity index (χ0) is 36.9. The van der Waals surface area contributed by atoms with Crippen LogP contribution >= 0.6 is 0 Å². The molecule has 0 N–H and O–H groups in total. The summed E-state index contributed by atoms with van der Waals surface area (Å²) in [7, 11) is 0. The van der Waals surface area contributed by atoms with Crippen LogP contribution in [0.2, 0.25) is 0 Å². The van der Waals surface area contributed by atoms with E-state index in [9.17, 15) is 0 Å². The van der Waals surface area contributed by atoms with Crippen LogP contribution in [0.5, 0.6) is 0 Å². The molecular weight excluding hydrogens is 697 g/mol. The van der Waals surface area contributed by atoms with E-state index in [0.717, 1.165) is 89.2 Å². The van der Waals surface area contributed by atoms with Gasteiger partial charge in [0.1, 0.15) is 11.3 Å². The topological polar surface area (TPSA) is 58.4 Å². The van der Waals surface area contributed by atoms with Gasteiger partial charge in [-0.1, -0.05) is 78.9 Å². The van der Waals surface area contributed by atoms with Crippen molar-refractivity contribution in [3.8, 4) is 34.0 Å². The average Bonchev–Trinajstić information content (AvgIpc) is 4.00. The number of hydrogen-bond acceptors (Lipinski definition) is 3. The number of aromatic nitrogens is 7. The average molecular weight is 726 g/mol. The van der Waals surface area contributed by atoms with Crippen molar-refractivity contribution in [2.45, 2.75) is 0 Å². The zero-order valence-electron chi connectivity index (χ0n) is 30.4. The van der Waals surface area contributed by atoms with E-state index in [1.165, 1.54) is 27.2 Å². The van der Waals surface area contributed by atoms with Gasteiger partial charge in [-0.15, -0.1) is 0 Å². The summed E-state index contributed by atoms with van der Waals surface area (Å²) >= 11 is 0. The van der Waals surface area contributed by atoms with Crippen molar-refractivity contribution in [3.05, 3.63) is 170 Å². The van der Waals surface area contributed by atoms with Gasteiger partial charge in [0.15, 0.2) is 0 Å². The Kier molecular flexibility index (Phi) is 5.47. The van der Waals surface area contributed by atoms with E-state index in [1.54, 1.807) is 0 Å². The van der Waals surface area contributed by atoms with E-state index in [0.29, 0.717) is 0 Å². The molecule has 0 bridgehead atoms. The number of hydrogen-bond donors (Lipinski definition) is 0. The predicted molar refractivity (Wildman–Crippen MR) is 232 cm³/mol. The maximum Gasteiger partial charge on any atom is 0.252 e. The number of rotatable bonds is 3. The normalized spacial score (nSPS) is 12.9. The SMILES string of the molecule is c1ccc(-n2c3ccccc3c3c4nccc5c4n(c32)-c2cc(-c3ccccn3)cc3c2B5c2ccnc4c5c6ccccc6n(-c6ccccc6)c5n-3c24)cc1. The zero-order valence-corrected chi connectivity index (χ0v) is 30.4. The van der Waals surface area contributed by atoms with Gasteiger partial charge in [0.05, 0.1) is 49.6 Å². The minimum absolute atomic E-state index is 0.0466. The second-order valence-corrected chi connectivity index (χ2v) is 15.2. The fourth-order valence-electron chi connectivity index (χ4n) is 10.4. The molecule has 8 heteroatoms. The second kappa shape index (κ2) is 10.5. The monoisotopic (exact) mass is 725 g/mol. The first kappa shape index (κ1) is 29.6. The quantitative estimate of drug-likeness (QED) is 0.171. The number of pyridine rings is 3. The standard InChI is InChI=1S/C49H28BN7/c1-3-13-30(14-4-1)54-37-20-9-7-17-32(37)41-44-46-34(22-25-52-44)50-35-23-26-53-45-42-33-18-8-10-21-38(33)55(31-15-5-2-6-16-31)49(42)57(47(35)45)40-28-29(36-19-11-12-24-51-36)27-39(43(40)50)56(46)48(41)54/h1-28H. The van der Waals surface area contributed by atoms with Crippen molar-refractivity contribution in [3.63, 3.8) is 0 Å². The van der Waals surface area contributed by atoms with Crippen molar-refractivity contribution >= 4 is 89.0 Å². The summed E-state index contributed by atoms with van der Waals surface area (Å²) in [6.45, 7) is -0.0466. The van der Waals surface area contributed by atoms with Crippen LogP contribution in [-0.2, 0) is 0 Å². The Labute approximate surface area is 325 Å². The van der Waals surface area contributed by atoms with E-state index in [-0.39, 0.29) is 6.71 Å². The molecule has 0 spiro atoms. The Bertz CT molecular complexity index is 3470. The predicted octanol–water partition coefficient (Wildman–Crippen LogP) is 8.76. The molecule has 0 saturated heterocycles. The fourth-order valence-corrected chi connectivity index (χ4v) is 10.4. The van der Waals surface area contributed by atoms with Crippen molar-refractivity contribution in [1.29, 1.82) is 0 Å². The highest BCUT2D eigenvalue weighted by molar-refractivity contribution is 7.00. The second-order valence-electron chi connectivity index (χ2n) is 15.2. The van der Waals surface area contributed by atoms with E-state index in [1.807, 2.05) is 24.7 Å². The van der Waals surface area contributed by atoms with Crippen LogP contribution in [-0.4, -0.2) is 39.9 Å². The van der Waals surface area contributed by atoms with Crippen LogP contribution in [0.25, 0.3) is 99.9 Å². The summed E-state index contributed by atoms with van der Waals surface area (Å²) in [6.07, 6.45) is 5.92. The van der Waals surface area contributed by atoms with Crippen LogP contribution in [0.4, 0.5) is 0 Å². The third-order valence-corrected chi connectivity index (χ3v) is 12.5. The third kappa shape index (κ3) is 3.57. The number of fused-ring (bicyclic) bond motifs is 14. The molecule has 7 nitrogen and oxygen atoms in total. The van der Waals surface area contributed by atoms with Crippen molar-refractivity contribution < 1.29 is 0 Å². The summed E-state index contributed by atoms with van der Waals surface area (Å²) < 4.78 is 9.88. The Morgan fingerprint density at radius 1 is 0.421 bits per heavy atom. The van der Waals surface area contributed by atoms with Crippen molar-refractivity contribution in [2.24, 2.45) is 0 Å². The summed E-state index contributed by atoms with van der Waals surface area (Å²) in [4.78, 5) is 15.4. The maximum absolute atomic E-state index is 5.22. The van der Waals surface area contributed by atoms with Gasteiger partial charge in [0.2, 0.25) is 0 Å². The lowest BCUT2D eigenvalue weighted by Crippen LogP contribution is -2.59. The van der Waals surface area contributed by atoms with Gasteiger partial charge in [-0.05, 0) is 89.2 Å². The number of para-hydroxylation sites is 4. The van der Waals surface area contributed by atoms with Crippen LogP contribution in [0, 0.1) is 0 Å². The maximum atomic E-state index is 5.22. The smallest absolute Gasteiger partial charge is 0.252 e. The highest BCUT2D eigenvalue weighted by Gasteiger charge is 2.43. The van der Waals surface area contributed by atoms with Gasteiger partial charge in [-0.25, -0.2) is 0 Å². The van der Waals surface area contributed by atoms with Gasteiger partial charge in [-0.3, -0.25) is 33.2 Å². The fraction of sp³-hybridized carbons (Fsp3) is 0. The molecule has 5 aromatic carbocycles. The van der Waals surface area contributed by atoms with Gasteiger partial charge < -0.3 is 0 Å². The molecular formula is C49H28BN7. The third-order valence-electron chi connectivity index (χ3n) is 12.5. The molecule has 14 rings (SSSR count). The Morgan fingerprint density at radius 2 is 0.912 bits per heavy atom. The van der Waals surface area contributed by atoms with Gasteiger partial charge in [0.25, 0.3) is 6.71 Å². The van der Waals surface area contributed by atoms with E-state index in [4.69, 9.17) is 15.0 Å². The van der Waals surface area contributed by atoms with Gasteiger partial charge in [0, 0.05) is 57.7 Å². The lowest BCUT2D eigenvalue weighted by atomic mass is 9.34. The van der Waals surface area contributed by atoms with E-state index in [2.05, 4.69) is 164 Å².